The summed E-state index contributed by atoms with van der Waals surface area (Å²) in [5.41, 5.74) is 10.9. The quantitative estimate of drug-likeness (QED) is 0.305. The highest BCUT2D eigenvalue weighted by molar-refractivity contribution is 8.01. The number of aryl methyl sites for hydroxylation is 1. The number of hydrogen-bond donors (Lipinski definition) is 2. The van der Waals surface area contributed by atoms with E-state index < -0.39 is 5.92 Å². The maximum Gasteiger partial charge on any atom is 0.234 e. The lowest BCUT2D eigenvalue weighted by Gasteiger charge is -2.38. The highest BCUT2D eigenvalue weighted by atomic mass is 35.5. The van der Waals surface area contributed by atoms with Crippen molar-refractivity contribution in [3.8, 4) is 11.8 Å². The van der Waals surface area contributed by atoms with Crippen molar-refractivity contribution >= 4 is 57.2 Å². The van der Waals surface area contributed by atoms with Gasteiger partial charge in [0.05, 0.1) is 35.4 Å². The minimum Gasteiger partial charge on any atom is -0.495 e. The maximum absolute atomic E-state index is 13.3. The number of allylic oxidation sites excluding steroid dienone is 3. The number of hydrogen-bond acceptors (Lipinski definition) is 10. The number of benzene rings is 2. The van der Waals surface area contributed by atoms with Crippen LogP contribution in [0.5, 0.6) is 5.75 Å². The summed E-state index contributed by atoms with van der Waals surface area (Å²) < 4.78 is 5.69. The molecule has 3 aromatic rings. The maximum atomic E-state index is 13.3. The van der Waals surface area contributed by atoms with Crippen LogP contribution in [0.15, 0.2) is 69.5 Å². The summed E-state index contributed by atoms with van der Waals surface area (Å²) in [5, 5.41) is 22.4. The summed E-state index contributed by atoms with van der Waals surface area (Å²) in [5.74, 6) is 0.0984. The minimum absolute atomic E-state index is 0.00971. The second kappa shape index (κ2) is 12.3. The van der Waals surface area contributed by atoms with Gasteiger partial charge in [-0.3, -0.25) is 14.5 Å². The summed E-state index contributed by atoms with van der Waals surface area (Å²) in [6, 6.07) is 15.3. The number of halogens is 1. The molecule has 1 aliphatic heterocycles. The number of nitrogens with one attached hydrogen (secondary N) is 1. The Morgan fingerprint density at radius 3 is 2.73 bits per heavy atom. The fourth-order valence-electron chi connectivity index (χ4n) is 5.00. The van der Waals surface area contributed by atoms with E-state index in [1.807, 2.05) is 24.3 Å². The monoisotopic (exact) mass is 606 g/mol. The summed E-state index contributed by atoms with van der Waals surface area (Å²) in [4.78, 5) is 27.6. The molecule has 12 heteroatoms. The molecule has 41 heavy (non-hydrogen) atoms. The first kappa shape index (κ1) is 28.7. The normalized spacial score (nSPS) is 16.9. The Kier molecular flexibility index (Phi) is 8.63. The van der Waals surface area contributed by atoms with Crippen LogP contribution in [0.25, 0.3) is 0 Å². The van der Waals surface area contributed by atoms with E-state index in [0.29, 0.717) is 56.3 Å². The number of methoxy groups -OCH3 is 1. The molecule has 0 spiro atoms. The molecular weight excluding hydrogens is 580 g/mol. The van der Waals surface area contributed by atoms with Gasteiger partial charge >= 0.3 is 0 Å². The van der Waals surface area contributed by atoms with Crippen molar-refractivity contribution in [2.45, 2.75) is 42.9 Å². The Morgan fingerprint density at radius 2 is 2.05 bits per heavy atom. The van der Waals surface area contributed by atoms with E-state index >= 15 is 0 Å². The summed E-state index contributed by atoms with van der Waals surface area (Å²) in [7, 11) is 1.52. The van der Waals surface area contributed by atoms with E-state index in [1.165, 1.54) is 35.8 Å². The van der Waals surface area contributed by atoms with Crippen LogP contribution in [0.2, 0.25) is 5.02 Å². The van der Waals surface area contributed by atoms with Crippen molar-refractivity contribution in [2.75, 3.05) is 23.1 Å². The number of nitrogens with zero attached hydrogens (tertiary/aromatic N) is 4. The predicted octanol–water partition coefficient (Wildman–Crippen LogP) is 5.80. The zero-order valence-corrected chi connectivity index (χ0v) is 24.8. The second-order valence-electron chi connectivity index (χ2n) is 9.45. The molecule has 5 rings (SSSR count). The van der Waals surface area contributed by atoms with E-state index in [0.717, 1.165) is 17.7 Å². The molecule has 0 fully saturated rings. The molecular formula is C29H27ClN6O3S2. The first-order valence-corrected chi connectivity index (χ1v) is 15.2. The zero-order valence-electron chi connectivity index (χ0n) is 22.4. The molecule has 0 saturated carbocycles. The summed E-state index contributed by atoms with van der Waals surface area (Å²) in [6.07, 6.45) is 2.61. The molecule has 1 aromatic heterocycles. The van der Waals surface area contributed by atoms with E-state index in [4.69, 9.17) is 22.1 Å². The number of ketones is 1. The van der Waals surface area contributed by atoms with Gasteiger partial charge < -0.3 is 15.8 Å². The van der Waals surface area contributed by atoms with Gasteiger partial charge in [0.2, 0.25) is 11.0 Å². The van der Waals surface area contributed by atoms with Crippen molar-refractivity contribution in [2.24, 2.45) is 5.73 Å². The number of carbonyl (C=O) groups is 2. The first-order chi connectivity index (χ1) is 19.8. The Bertz CT molecular complexity index is 1610. The molecule has 9 nitrogen and oxygen atoms in total. The van der Waals surface area contributed by atoms with E-state index in [9.17, 15) is 14.9 Å². The number of thioether (sulfide) groups is 1. The number of carbonyl (C=O) groups excluding carboxylic acids is 2. The van der Waals surface area contributed by atoms with E-state index in [2.05, 4.69) is 28.5 Å². The van der Waals surface area contributed by atoms with Crippen LogP contribution >= 0.6 is 34.7 Å². The lowest BCUT2D eigenvalue weighted by molar-refractivity contribution is -0.116. The van der Waals surface area contributed by atoms with Crippen molar-refractivity contribution in [1.29, 1.82) is 5.26 Å². The third-order valence-corrected chi connectivity index (χ3v) is 9.32. The molecule has 0 radical (unpaired) electrons. The minimum atomic E-state index is -0.526. The first-order valence-electron chi connectivity index (χ1n) is 13.0. The second-order valence-corrected chi connectivity index (χ2v) is 12.0. The molecule has 2 aromatic carbocycles. The van der Waals surface area contributed by atoms with Crippen LogP contribution in [0.3, 0.4) is 0 Å². The molecule has 1 aliphatic carbocycles. The van der Waals surface area contributed by atoms with Gasteiger partial charge in [-0.15, -0.1) is 10.2 Å². The molecule has 0 bridgehead atoms. The number of nitriles is 1. The van der Waals surface area contributed by atoms with Crippen LogP contribution in [0.4, 0.5) is 10.8 Å². The Labute approximate surface area is 251 Å². The van der Waals surface area contributed by atoms with E-state index in [-0.39, 0.29) is 23.3 Å². The Hall–Kier alpha value is -3.85. The van der Waals surface area contributed by atoms with Crippen molar-refractivity contribution < 1.29 is 14.3 Å². The number of anilines is 2. The molecule has 1 unspecified atom stereocenters. The standard InChI is InChI=1S/C29H27ClN6O3S2/c1-3-16-7-9-17(10-8-16)25-19(14-31)27(32)36(21-5-4-6-22(37)26(21)25)28-34-35-29(41-28)40-15-24(38)33-18-11-12-23(39-2)20(30)13-18/h7-13,25H,3-6,15,32H2,1-2H3,(H,33,38). The van der Waals surface area contributed by atoms with Crippen LogP contribution in [0.1, 0.15) is 43.2 Å². The molecule has 0 saturated heterocycles. The van der Waals surface area contributed by atoms with Gasteiger partial charge in [0.15, 0.2) is 10.1 Å². The Balaban J connectivity index is 1.38. The number of aromatic nitrogens is 2. The van der Waals surface area contributed by atoms with Gasteiger partial charge in [0.1, 0.15) is 11.6 Å². The third-order valence-electron chi connectivity index (χ3n) is 6.98. The smallest absolute Gasteiger partial charge is 0.234 e. The van der Waals surface area contributed by atoms with Gasteiger partial charge in [0, 0.05) is 23.4 Å². The number of ether oxygens (including phenoxy) is 1. The van der Waals surface area contributed by atoms with Crippen LogP contribution < -0.4 is 20.7 Å². The van der Waals surface area contributed by atoms with Gasteiger partial charge in [-0.2, -0.15) is 5.26 Å². The summed E-state index contributed by atoms with van der Waals surface area (Å²) >= 11 is 8.62. The molecule has 1 amide bonds. The third kappa shape index (κ3) is 5.81. The van der Waals surface area contributed by atoms with Crippen molar-refractivity contribution in [1.82, 2.24) is 10.2 Å². The topological polar surface area (TPSA) is 134 Å². The predicted molar refractivity (Wildman–Crippen MR) is 161 cm³/mol. The van der Waals surface area contributed by atoms with E-state index in [1.54, 1.807) is 23.1 Å². The zero-order chi connectivity index (χ0) is 29.1. The lowest BCUT2D eigenvalue weighted by Crippen LogP contribution is -2.38. The highest BCUT2D eigenvalue weighted by Gasteiger charge is 2.41. The van der Waals surface area contributed by atoms with Crippen molar-refractivity contribution in [3.05, 3.63) is 81.3 Å². The fraction of sp³-hybridized carbons (Fsp3) is 0.276. The molecule has 2 aliphatic rings. The number of rotatable bonds is 8. The summed E-state index contributed by atoms with van der Waals surface area (Å²) in [6.45, 7) is 2.08. The van der Waals surface area contributed by atoms with Gasteiger partial charge in [0.25, 0.3) is 0 Å². The van der Waals surface area contributed by atoms with Crippen LogP contribution in [0, 0.1) is 11.3 Å². The number of nitrogens with two attached hydrogens (primary N) is 1. The van der Waals surface area contributed by atoms with Crippen LogP contribution in [-0.4, -0.2) is 34.8 Å². The van der Waals surface area contributed by atoms with Crippen LogP contribution in [-0.2, 0) is 16.0 Å². The Morgan fingerprint density at radius 1 is 1.27 bits per heavy atom. The van der Waals surface area contributed by atoms with Gasteiger partial charge in [-0.05, 0) is 48.6 Å². The molecule has 210 valence electrons. The highest BCUT2D eigenvalue weighted by Crippen LogP contribution is 2.47. The number of amides is 1. The average Bonchev–Trinajstić information content (AvgIpc) is 3.44. The molecule has 1 atom stereocenters. The van der Waals surface area contributed by atoms with Crippen molar-refractivity contribution in [3.63, 3.8) is 0 Å². The van der Waals surface area contributed by atoms with Gasteiger partial charge in [-0.1, -0.05) is 65.9 Å². The van der Waals surface area contributed by atoms with Gasteiger partial charge in [-0.25, -0.2) is 0 Å². The largest absolute Gasteiger partial charge is 0.495 e. The number of Topliss-reactive ketones (excluding diaryl/α,β-unsaturated/α-hetero) is 1. The lowest BCUT2D eigenvalue weighted by atomic mass is 9.75. The fourth-order valence-corrected chi connectivity index (χ4v) is 6.94. The average molecular weight is 607 g/mol. The SMILES string of the molecule is CCc1ccc(C2C(C#N)=C(N)N(c3nnc(SCC(=O)Nc4ccc(OC)c(Cl)c4)s3)C3=C2C(=O)CCC3)cc1. The molecule has 3 N–H and O–H groups in total. The molecule has 2 heterocycles.